The number of carbonyl (C=O) groups excluding carboxylic acids is 3. The summed E-state index contributed by atoms with van der Waals surface area (Å²) in [5, 5.41) is 2.81. The van der Waals surface area contributed by atoms with E-state index in [0.717, 1.165) is 42.7 Å². The van der Waals surface area contributed by atoms with Crippen LogP contribution in [0, 0.1) is 11.8 Å². The molecular formula is C27H26N2O4S. The van der Waals surface area contributed by atoms with E-state index in [4.69, 9.17) is 4.74 Å². The summed E-state index contributed by atoms with van der Waals surface area (Å²) in [5.41, 5.74) is 2.03. The molecule has 7 heteroatoms. The third-order valence-corrected chi connectivity index (χ3v) is 7.79. The molecule has 6 nitrogen and oxygen atoms in total. The van der Waals surface area contributed by atoms with Crippen LogP contribution < -0.4 is 9.64 Å². The summed E-state index contributed by atoms with van der Waals surface area (Å²) in [6.07, 6.45) is 6.81. The largest absolute Gasteiger partial charge is 0.497 e. The summed E-state index contributed by atoms with van der Waals surface area (Å²) >= 11 is 1.54. The minimum Gasteiger partial charge on any atom is -0.497 e. The van der Waals surface area contributed by atoms with Crippen molar-refractivity contribution in [1.29, 1.82) is 0 Å². The Kier molecular flexibility index (Phi) is 6.28. The maximum absolute atomic E-state index is 13.6. The number of methoxy groups -OCH3 is 1. The van der Waals surface area contributed by atoms with Gasteiger partial charge in [-0.3, -0.25) is 14.4 Å². The van der Waals surface area contributed by atoms with Crippen molar-refractivity contribution >= 4 is 34.5 Å². The number of hydrogen-bond acceptors (Lipinski definition) is 6. The van der Waals surface area contributed by atoms with Crippen molar-refractivity contribution in [3.8, 4) is 16.3 Å². The molecule has 2 aromatic carbocycles. The molecule has 1 aromatic heterocycles. The van der Waals surface area contributed by atoms with Gasteiger partial charge in [0, 0.05) is 28.4 Å². The molecule has 0 N–H and O–H groups in total. The minimum atomic E-state index is -0.998. The van der Waals surface area contributed by atoms with Gasteiger partial charge in [0.15, 0.2) is 5.78 Å². The van der Waals surface area contributed by atoms with Crippen LogP contribution in [0.2, 0.25) is 0 Å². The lowest BCUT2D eigenvalue weighted by Crippen LogP contribution is -2.43. The second kappa shape index (κ2) is 9.50. The maximum Gasteiger partial charge on any atom is 0.295 e. The van der Waals surface area contributed by atoms with Crippen LogP contribution in [0.3, 0.4) is 0 Å². The molecule has 5 rings (SSSR count). The number of anilines is 1. The van der Waals surface area contributed by atoms with Crippen molar-refractivity contribution in [3.63, 3.8) is 0 Å². The highest BCUT2D eigenvalue weighted by Gasteiger charge is 2.54. The minimum absolute atomic E-state index is 0.106. The van der Waals surface area contributed by atoms with Crippen LogP contribution in [-0.4, -0.2) is 35.6 Å². The molecule has 3 aromatic rings. The lowest BCUT2D eigenvalue weighted by atomic mass is 9.76. The van der Waals surface area contributed by atoms with E-state index in [1.807, 2.05) is 29.6 Å². The molecule has 2 fully saturated rings. The van der Waals surface area contributed by atoms with E-state index in [1.165, 1.54) is 0 Å². The number of hydrogen-bond donors (Lipinski definition) is 0. The van der Waals surface area contributed by atoms with Crippen LogP contribution in [0.15, 0.2) is 60.1 Å². The smallest absolute Gasteiger partial charge is 0.295 e. The van der Waals surface area contributed by atoms with Gasteiger partial charge in [-0.15, -0.1) is 11.3 Å². The molecule has 0 spiro atoms. The number of thiazole rings is 1. The zero-order chi connectivity index (χ0) is 23.7. The molecule has 2 atom stereocenters. The van der Waals surface area contributed by atoms with Gasteiger partial charge in [-0.05, 0) is 67.3 Å². The molecule has 1 saturated carbocycles. The van der Waals surface area contributed by atoms with Gasteiger partial charge in [-0.1, -0.05) is 19.3 Å². The molecule has 1 saturated heterocycles. The van der Waals surface area contributed by atoms with Crippen molar-refractivity contribution in [2.45, 2.75) is 38.1 Å². The summed E-state index contributed by atoms with van der Waals surface area (Å²) in [6.45, 7) is 0. The topological polar surface area (TPSA) is 76.6 Å². The van der Waals surface area contributed by atoms with Crippen LogP contribution in [0.1, 0.15) is 42.5 Å². The second-order valence-corrected chi connectivity index (χ2v) is 9.78. The van der Waals surface area contributed by atoms with Gasteiger partial charge in [0.05, 0.1) is 13.2 Å². The van der Waals surface area contributed by atoms with E-state index in [-0.39, 0.29) is 11.7 Å². The van der Waals surface area contributed by atoms with Gasteiger partial charge in [0.1, 0.15) is 16.7 Å². The fourth-order valence-electron chi connectivity index (χ4n) is 5.28. The van der Waals surface area contributed by atoms with Crippen LogP contribution in [0.25, 0.3) is 10.6 Å². The number of benzene rings is 2. The number of ketones is 2. The van der Waals surface area contributed by atoms with Gasteiger partial charge in [0.2, 0.25) is 5.78 Å². The van der Waals surface area contributed by atoms with Crippen LogP contribution in [0.4, 0.5) is 5.69 Å². The average Bonchev–Trinajstić information content (AvgIpc) is 3.52. The van der Waals surface area contributed by atoms with Gasteiger partial charge >= 0.3 is 0 Å². The summed E-state index contributed by atoms with van der Waals surface area (Å²) in [4.78, 5) is 46.1. The van der Waals surface area contributed by atoms with Crippen molar-refractivity contribution in [3.05, 3.63) is 65.7 Å². The van der Waals surface area contributed by atoms with Gasteiger partial charge in [-0.25, -0.2) is 4.98 Å². The Morgan fingerprint density at radius 1 is 1.00 bits per heavy atom. The molecule has 0 radical (unpaired) electrons. The summed E-state index contributed by atoms with van der Waals surface area (Å²) in [5.74, 6) is -1.75. The average molecular weight is 475 g/mol. The summed E-state index contributed by atoms with van der Waals surface area (Å²) in [7, 11) is 1.56. The number of amides is 1. The number of aromatic nitrogens is 1. The normalized spacial score (nSPS) is 21.1. The standard InChI is InChI=1S/C27H26N2O4S/c1-33-21-13-9-18(10-14-21)24(30)22-23(17-5-3-2-4-6-17)29(27(32)25(22)31)20-11-7-19(8-12-20)26-28-15-16-34-26/h7-17,22-23H,2-6H2,1H3. The first-order valence-electron chi connectivity index (χ1n) is 11.6. The molecule has 0 bridgehead atoms. The molecule has 2 aliphatic rings. The number of Topliss-reactive ketones (excluding diaryl/α,β-unsaturated/α-hetero) is 2. The Bertz CT molecular complexity index is 1180. The van der Waals surface area contributed by atoms with E-state index < -0.39 is 23.7 Å². The third-order valence-electron chi connectivity index (χ3n) is 6.97. The molecule has 1 amide bonds. The van der Waals surface area contributed by atoms with E-state index in [0.29, 0.717) is 17.0 Å². The Morgan fingerprint density at radius 2 is 1.71 bits per heavy atom. The molecule has 34 heavy (non-hydrogen) atoms. The molecule has 174 valence electrons. The highest BCUT2D eigenvalue weighted by molar-refractivity contribution is 7.13. The first kappa shape index (κ1) is 22.5. The monoisotopic (exact) mass is 474 g/mol. The van der Waals surface area contributed by atoms with Crippen molar-refractivity contribution in [2.75, 3.05) is 12.0 Å². The predicted octanol–water partition coefficient (Wildman–Crippen LogP) is 5.18. The van der Waals surface area contributed by atoms with Crippen LogP contribution in [0.5, 0.6) is 5.75 Å². The fraction of sp³-hybridized carbons (Fsp3) is 0.333. The number of carbonyl (C=O) groups is 3. The highest BCUT2D eigenvalue weighted by Crippen LogP contribution is 2.41. The maximum atomic E-state index is 13.6. The van der Waals surface area contributed by atoms with Crippen LogP contribution in [-0.2, 0) is 9.59 Å². The number of rotatable bonds is 6. The fourth-order valence-corrected chi connectivity index (χ4v) is 5.92. The van der Waals surface area contributed by atoms with Crippen molar-refractivity contribution in [2.24, 2.45) is 11.8 Å². The van der Waals surface area contributed by atoms with Crippen LogP contribution >= 0.6 is 11.3 Å². The Morgan fingerprint density at radius 3 is 2.32 bits per heavy atom. The van der Waals surface area contributed by atoms with Gasteiger partial charge < -0.3 is 9.64 Å². The molecule has 2 unspecified atom stereocenters. The molecule has 1 aliphatic heterocycles. The summed E-state index contributed by atoms with van der Waals surface area (Å²) in [6, 6.07) is 13.8. The first-order chi connectivity index (χ1) is 16.6. The molecule has 1 aliphatic carbocycles. The van der Waals surface area contributed by atoms with Crippen molar-refractivity contribution < 1.29 is 19.1 Å². The lowest BCUT2D eigenvalue weighted by molar-refractivity contribution is -0.135. The van der Waals surface area contributed by atoms with Gasteiger partial charge in [0.25, 0.3) is 5.91 Å². The Labute approximate surface area is 202 Å². The zero-order valence-corrected chi connectivity index (χ0v) is 19.8. The third kappa shape index (κ3) is 4.05. The summed E-state index contributed by atoms with van der Waals surface area (Å²) < 4.78 is 5.20. The Hall–Kier alpha value is -3.32. The first-order valence-corrected chi connectivity index (χ1v) is 12.5. The molecular weight excluding hydrogens is 448 g/mol. The van der Waals surface area contributed by atoms with E-state index in [2.05, 4.69) is 4.98 Å². The Balaban J connectivity index is 1.52. The van der Waals surface area contributed by atoms with E-state index in [9.17, 15) is 14.4 Å². The number of ether oxygens (including phenoxy) is 1. The zero-order valence-electron chi connectivity index (χ0n) is 19.0. The van der Waals surface area contributed by atoms with E-state index >= 15 is 0 Å². The van der Waals surface area contributed by atoms with Crippen molar-refractivity contribution in [1.82, 2.24) is 4.98 Å². The van der Waals surface area contributed by atoms with E-state index in [1.54, 1.807) is 53.8 Å². The predicted molar refractivity (Wildman–Crippen MR) is 131 cm³/mol. The van der Waals surface area contributed by atoms with Gasteiger partial charge in [-0.2, -0.15) is 0 Å². The quantitative estimate of drug-likeness (QED) is 0.279. The number of nitrogens with zero attached hydrogens (tertiary/aromatic N) is 2. The second-order valence-electron chi connectivity index (χ2n) is 8.88. The molecule has 2 heterocycles. The highest BCUT2D eigenvalue weighted by atomic mass is 32.1. The lowest BCUT2D eigenvalue weighted by Gasteiger charge is -2.35. The SMILES string of the molecule is COc1ccc(C(=O)C2C(=O)C(=O)N(c3ccc(-c4nccs4)cc3)C2C2CCCCC2)cc1.